The number of anilines is 2. The molecule has 2 aromatic heterocycles. The Labute approximate surface area is 226 Å². The molecule has 14 heteroatoms. The molecule has 0 aliphatic carbocycles. The van der Waals surface area contributed by atoms with E-state index in [-0.39, 0.29) is 50.6 Å². The molecule has 2 aliphatic rings. The molecule has 6 rings (SSSR count). The second-order valence-corrected chi connectivity index (χ2v) is 9.25. The molecule has 1 atom stereocenters. The van der Waals surface area contributed by atoms with Gasteiger partial charge in [-0.05, 0) is 12.1 Å². The normalized spacial score (nSPS) is 17.7. The van der Waals surface area contributed by atoms with Crippen LogP contribution in [-0.2, 0) is 11.3 Å². The summed E-state index contributed by atoms with van der Waals surface area (Å²) in [6, 6.07) is 11.1. The van der Waals surface area contributed by atoms with Gasteiger partial charge < -0.3 is 14.4 Å². The molecule has 4 aromatic rings. The van der Waals surface area contributed by atoms with Crippen molar-refractivity contribution in [2.45, 2.75) is 12.6 Å². The molecular weight excluding hydrogens is 526 g/mol. The molecule has 0 saturated carbocycles. The largest absolute Gasteiger partial charge is 0.442 e. The van der Waals surface area contributed by atoms with Crippen molar-refractivity contribution in [2.24, 2.45) is 0 Å². The number of carbonyl (C=O) groups excluding carboxylic acids is 2. The van der Waals surface area contributed by atoms with Crippen LogP contribution in [0, 0.1) is 11.6 Å². The Morgan fingerprint density at radius 2 is 1.93 bits per heavy atom. The Hall–Kier alpha value is -4.85. The topological polar surface area (TPSA) is 118 Å². The van der Waals surface area contributed by atoms with Crippen LogP contribution < -0.4 is 20.0 Å². The second-order valence-electron chi connectivity index (χ2n) is 9.25. The summed E-state index contributed by atoms with van der Waals surface area (Å²) >= 11 is 0. The number of pyridine rings is 1. The maximum absolute atomic E-state index is 15.3. The van der Waals surface area contributed by atoms with E-state index in [1.807, 2.05) is 12.1 Å². The van der Waals surface area contributed by atoms with E-state index in [1.54, 1.807) is 30.6 Å². The van der Waals surface area contributed by atoms with Gasteiger partial charge in [0.1, 0.15) is 17.3 Å². The van der Waals surface area contributed by atoms with E-state index >= 15 is 8.78 Å². The molecular formula is C26H24F2N8O4. The first kappa shape index (κ1) is 25.4. The summed E-state index contributed by atoms with van der Waals surface area (Å²) < 4.78 is 43.0. The number of hydrazine groups is 1. The molecule has 206 valence electrons. The van der Waals surface area contributed by atoms with Gasteiger partial charge in [-0.1, -0.05) is 23.4 Å². The number of nitrogens with one attached hydrogen (secondary N) is 1. The van der Waals surface area contributed by atoms with Crippen molar-refractivity contribution < 1.29 is 27.8 Å². The third-order valence-corrected chi connectivity index (χ3v) is 6.66. The summed E-state index contributed by atoms with van der Waals surface area (Å²) in [5.74, 6) is -1.36. The summed E-state index contributed by atoms with van der Waals surface area (Å²) in [4.78, 5) is 32.3. The minimum absolute atomic E-state index is 0.0479. The van der Waals surface area contributed by atoms with Crippen LogP contribution in [0.3, 0.4) is 0 Å². The fraction of sp³-hybridized carbons (Fsp3) is 0.269. The first-order valence-electron chi connectivity index (χ1n) is 12.6. The lowest BCUT2D eigenvalue weighted by Crippen LogP contribution is -2.45. The first-order valence-corrected chi connectivity index (χ1v) is 12.6. The summed E-state index contributed by atoms with van der Waals surface area (Å²) in [5.41, 5.74) is 3.29. The maximum atomic E-state index is 15.3. The minimum atomic E-state index is -0.833. The molecule has 12 nitrogen and oxygen atoms in total. The number of halogens is 2. The standard InChI is InChI=1S/C26H24F2N8O4/c27-20-13-18(35-16-19(39-25(35)37)15-34-10-7-30-32-34)14-21(28)24(20)33-9-8-31-36(12-11-33)26(38)40-22-5-1-3-17-4-2-6-29-23(17)22/h1-7,10,13-14,19,31H,8-9,11-12,15-16H2/t19-/m0/s1. The van der Waals surface area contributed by atoms with E-state index in [1.165, 1.54) is 25.7 Å². The number of amides is 2. The van der Waals surface area contributed by atoms with Gasteiger partial charge in [0.2, 0.25) is 0 Å². The van der Waals surface area contributed by atoms with Crippen LogP contribution in [-0.4, -0.2) is 76.0 Å². The molecule has 2 fully saturated rings. The summed E-state index contributed by atoms with van der Waals surface area (Å²) in [7, 11) is 0. The van der Waals surface area contributed by atoms with Gasteiger partial charge in [-0.15, -0.1) is 5.10 Å². The molecule has 2 aliphatic heterocycles. The van der Waals surface area contributed by atoms with Crippen molar-refractivity contribution in [3.8, 4) is 5.75 Å². The molecule has 0 radical (unpaired) electrons. The number of benzene rings is 2. The maximum Gasteiger partial charge on any atom is 0.429 e. The van der Waals surface area contributed by atoms with E-state index in [9.17, 15) is 9.59 Å². The average molecular weight is 551 g/mol. The third-order valence-electron chi connectivity index (χ3n) is 6.66. The Morgan fingerprint density at radius 3 is 2.73 bits per heavy atom. The number of hydrogen-bond donors (Lipinski definition) is 1. The highest BCUT2D eigenvalue weighted by Crippen LogP contribution is 2.31. The molecule has 0 bridgehead atoms. The zero-order valence-electron chi connectivity index (χ0n) is 21.1. The number of fused-ring (bicyclic) bond motifs is 1. The Kier molecular flexibility index (Phi) is 6.82. The van der Waals surface area contributed by atoms with E-state index in [2.05, 4.69) is 20.7 Å². The lowest BCUT2D eigenvalue weighted by Gasteiger charge is -2.25. The lowest BCUT2D eigenvalue weighted by molar-refractivity contribution is 0.129. The SMILES string of the molecule is O=C(Oc1cccc2cccnc12)N1CCN(c2c(F)cc(N3C[C@H](Cn4ccnn4)OC3=O)cc2F)CCN1. The van der Waals surface area contributed by atoms with Crippen molar-refractivity contribution >= 4 is 34.5 Å². The molecule has 0 spiro atoms. The van der Waals surface area contributed by atoms with Gasteiger partial charge >= 0.3 is 12.2 Å². The highest BCUT2D eigenvalue weighted by Gasteiger charge is 2.34. The number of para-hydroxylation sites is 1. The van der Waals surface area contributed by atoms with Crippen LogP contribution in [0.25, 0.3) is 10.9 Å². The highest BCUT2D eigenvalue weighted by atomic mass is 19.1. The monoisotopic (exact) mass is 550 g/mol. The molecule has 2 aromatic carbocycles. The molecule has 40 heavy (non-hydrogen) atoms. The minimum Gasteiger partial charge on any atom is -0.442 e. The van der Waals surface area contributed by atoms with Crippen LogP contribution in [0.1, 0.15) is 0 Å². The second kappa shape index (κ2) is 10.7. The van der Waals surface area contributed by atoms with Crippen molar-refractivity contribution in [1.29, 1.82) is 0 Å². The van der Waals surface area contributed by atoms with Crippen LogP contribution in [0.5, 0.6) is 5.75 Å². The lowest BCUT2D eigenvalue weighted by atomic mass is 10.2. The van der Waals surface area contributed by atoms with Gasteiger partial charge in [0.25, 0.3) is 0 Å². The van der Waals surface area contributed by atoms with E-state index < -0.39 is 29.9 Å². The molecule has 4 heterocycles. The number of ether oxygens (including phenoxy) is 2. The van der Waals surface area contributed by atoms with E-state index in [4.69, 9.17) is 9.47 Å². The van der Waals surface area contributed by atoms with Gasteiger partial charge in [0.05, 0.1) is 31.5 Å². The predicted molar refractivity (Wildman–Crippen MR) is 139 cm³/mol. The number of aromatic nitrogens is 4. The quantitative estimate of drug-likeness (QED) is 0.400. The third kappa shape index (κ3) is 5.08. The molecule has 0 unspecified atom stereocenters. The smallest absolute Gasteiger partial charge is 0.429 e. The summed E-state index contributed by atoms with van der Waals surface area (Å²) in [5, 5.41) is 9.64. The zero-order chi connectivity index (χ0) is 27.6. The summed E-state index contributed by atoms with van der Waals surface area (Å²) in [6.07, 6.45) is 2.83. The van der Waals surface area contributed by atoms with Crippen molar-refractivity contribution in [3.63, 3.8) is 0 Å². The predicted octanol–water partition coefficient (Wildman–Crippen LogP) is 2.96. The van der Waals surface area contributed by atoms with Crippen molar-refractivity contribution in [2.75, 3.05) is 42.5 Å². The van der Waals surface area contributed by atoms with Gasteiger partial charge in [0, 0.05) is 49.5 Å². The van der Waals surface area contributed by atoms with Crippen LogP contribution in [0.15, 0.2) is 61.1 Å². The van der Waals surface area contributed by atoms with Gasteiger partial charge in [-0.3, -0.25) is 9.88 Å². The van der Waals surface area contributed by atoms with Gasteiger partial charge in [0.15, 0.2) is 17.4 Å². The number of cyclic esters (lactones) is 1. The van der Waals surface area contributed by atoms with E-state index in [0.29, 0.717) is 11.3 Å². The Bertz CT molecular complexity index is 1520. The van der Waals surface area contributed by atoms with Gasteiger partial charge in [-0.25, -0.2) is 33.5 Å². The summed E-state index contributed by atoms with van der Waals surface area (Å²) in [6.45, 7) is 1.05. The van der Waals surface area contributed by atoms with Crippen LogP contribution in [0.2, 0.25) is 0 Å². The fourth-order valence-electron chi connectivity index (χ4n) is 4.79. The molecule has 1 N–H and O–H groups in total. The van der Waals surface area contributed by atoms with Gasteiger partial charge in [-0.2, -0.15) is 0 Å². The fourth-order valence-corrected chi connectivity index (χ4v) is 4.79. The Balaban J connectivity index is 1.12. The number of nitrogens with zero attached hydrogens (tertiary/aromatic N) is 7. The zero-order valence-corrected chi connectivity index (χ0v) is 21.1. The number of hydrogen-bond acceptors (Lipinski definition) is 9. The highest BCUT2D eigenvalue weighted by molar-refractivity contribution is 5.90. The Morgan fingerprint density at radius 1 is 1.10 bits per heavy atom. The number of rotatable bonds is 5. The van der Waals surface area contributed by atoms with Crippen LogP contribution >= 0.6 is 0 Å². The molecule has 2 amide bonds. The van der Waals surface area contributed by atoms with Crippen LogP contribution in [0.4, 0.5) is 29.7 Å². The van der Waals surface area contributed by atoms with Crippen molar-refractivity contribution in [3.05, 3.63) is 72.7 Å². The average Bonchev–Trinajstić information content (AvgIpc) is 3.51. The first-order chi connectivity index (χ1) is 19.5. The van der Waals surface area contributed by atoms with E-state index in [0.717, 1.165) is 17.5 Å². The number of carbonyl (C=O) groups is 2. The molecule has 2 saturated heterocycles. The van der Waals surface area contributed by atoms with Crippen molar-refractivity contribution in [1.82, 2.24) is 30.4 Å².